The first-order valence-electron chi connectivity index (χ1n) is 7.08. The average molecular weight is 313 g/mol. The topological polar surface area (TPSA) is 83.7 Å². The number of rotatable bonds is 3. The molecule has 1 aromatic heterocycles. The molecule has 0 aliphatic carbocycles. The van der Waals surface area contributed by atoms with E-state index >= 15 is 0 Å². The summed E-state index contributed by atoms with van der Waals surface area (Å²) in [4.78, 5) is 38.7. The van der Waals surface area contributed by atoms with E-state index < -0.39 is 17.8 Å². The Labute approximate surface area is 132 Å². The molecule has 0 atom stereocenters. The molecule has 2 heterocycles. The second kappa shape index (κ2) is 5.35. The van der Waals surface area contributed by atoms with Crippen molar-refractivity contribution in [3.63, 3.8) is 0 Å². The number of aromatic nitrogens is 1. The molecule has 0 unspecified atom stereocenters. The summed E-state index contributed by atoms with van der Waals surface area (Å²) in [5, 5.41) is 3.79. The van der Waals surface area contributed by atoms with Crippen LogP contribution in [0.3, 0.4) is 0 Å². The predicted octanol–water partition coefficient (Wildman–Crippen LogP) is 2.10. The normalized spacial score (nSPS) is 15.0. The van der Waals surface area contributed by atoms with Crippen LogP contribution in [-0.4, -0.2) is 27.9 Å². The summed E-state index contributed by atoms with van der Waals surface area (Å²) in [6.07, 6.45) is 0. The van der Waals surface area contributed by atoms with Crippen LogP contribution >= 0.6 is 0 Å². The molecule has 7 nitrogen and oxygen atoms in total. The third kappa shape index (κ3) is 2.40. The zero-order valence-corrected chi connectivity index (χ0v) is 13.0. The van der Waals surface area contributed by atoms with E-state index in [1.165, 1.54) is 0 Å². The fourth-order valence-electron chi connectivity index (χ4n) is 2.45. The van der Waals surface area contributed by atoms with Gasteiger partial charge in [-0.25, -0.2) is 9.69 Å². The lowest BCUT2D eigenvalue weighted by Gasteiger charge is -2.15. The van der Waals surface area contributed by atoms with Crippen LogP contribution in [-0.2, 0) is 16.1 Å². The summed E-state index contributed by atoms with van der Waals surface area (Å²) in [5.74, 6) is -1.19. The van der Waals surface area contributed by atoms with E-state index in [0.717, 1.165) is 15.4 Å². The van der Waals surface area contributed by atoms with Gasteiger partial charge in [-0.15, -0.1) is 0 Å². The second-order valence-corrected chi connectivity index (χ2v) is 5.45. The van der Waals surface area contributed by atoms with Gasteiger partial charge in [-0.05, 0) is 32.9 Å². The standard InChI is InChI=1S/C16H15N3O4/c1-9-4-6-12(7-5-9)19-15(21)14(20)18(16(19)22)8-13-10(2)17-23-11(13)3/h4-7H,8H2,1-3H3. The lowest BCUT2D eigenvalue weighted by atomic mass is 10.2. The van der Waals surface area contributed by atoms with E-state index in [1.807, 2.05) is 6.92 Å². The zero-order valence-electron chi connectivity index (χ0n) is 13.0. The van der Waals surface area contributed by atoms with Gasteiger partial charge in [0.1, 0.15) is 5.76 Å². The number of carbonyl (C=O) groups is 3. The Hall–Kier alpha value is -2.96. The van der Waals surface area contributed by atoms with Gasteiger partial charge < -0.3 is 4.52 Å². The molecule has 0 saturated carbocycles. The average Bonchev–Trinajstić information content (AvgIpc) is 2.94. The molecule has 0 radical (unpaired) electrons. The van der Waals surface area contributed by atoms with Gasteiger partial charge in [0.05, 0.1) is 17.9 Å². The Balaban J connectivity index is 1.92. The number of benzene rings is 1. The molecule has 1 aromatic carbocycles. The van der Waals surface area contributed by atoms with Gasteiger partial charge in [0, 0.05) is 5.56 Å². The molecule has 0 N–H and O–H groups in total. The number of nitrogens with zero attached hydrogens (tertiary/aromatic N) is 3. The fourth-order valence-corrected chi connectivity index (χ4v) is 2.45. The summed E-state index contributed by atoms with van der Waals surface area (Å²) >= 11 is 0. The van der Waals surface area contributed by atoms with Gasteiger partial charge in [-0.2, -0.15) is 0 Å². The van der Waals surface area contributed by atoms with E-state index in [2.05, 4.69) is 5.16 Å². The maximum absolute atomic E-state index is 12.5. The van der Waals surface area contributed by atoms with Crippen molar-refractivity contribution >= 4 is 23.5 Å². The van der Waals surface area contributed by atoms with Crippen molar-refractivity contribution in [2.75, 3.05) is 4.90 Å². The summed E-state index contributed by atoms with van der Waals surface area (Å²) in [7, 11) is 0. The third-order valence-corrected chi connectivity index (χ3v) is 3.84. The van der Waals surface area contributed by atoms with E-state index in [0.29, 0.717) is 22.7 Å². The Bertz CT molecular complexity index is 788. The Morgan fingerprint density at radius 1 is 1.00 bits per heavy atom. The minimum Gasteiger partial charge on any atom is -0.361 e. The fraction of sp³-hybridized carbons (Fsp3) is 0.250. The Kier molecular flexibility index (Phi) is 3.48. The Morgan fingerprint density at radius 3 is 2.22 bits per heavy atom. The van der Waals surface area contributed by atoms with Crippen molar-refractivity contribution in [2.45, 2.75) is 27.3 Å². The molecule has 1 fully saturated rings. The van der Waals surface area contributed by atoms with Crippen molar-refractivity contribution in [2.24, 2.45) is 0 Å². The first kappa shape index (κ1) is 15.0. The van der Waals surface area contributed by atoms with E-state index in [4.69, 9.17) is 4.52 Å². The van der Waals surface area contributed by atoms with Gasteiger partial charge in [0.2, 0.25) is 0 Å². The van der Waals surface area contributed by atoms with E-state index in [9.17, 15) is 14.4 Å². The number of urea groups is 1. The summed E-state index contributed by atoms with van der Waals surface area (Å²) in [6.45, 7) is 5.27. The molecule has 0 bridgehead atoms. The third-order valence-electron chi connectivity index (χ3n) is 3.84. The zero-order chi connectivity index (χ0) is 16.7. The molecule has 23 heavy (non-hydrogen) atoms. The summed E-state index contributed by atoms with van der Waals surface area (Å²) in [5.41, 5.74) is 2.58. The molecule has 1 saturated heterocycles. The number of aryl methyl sites for hydroxylation is 3. The monoisotopic (exact) mass is 313 g/mol. The molecule has 1 aliphatic rings. The van der Waals surface area contributed by atoms with Crippen LogP contribution in [0.2, 0.25) is 0 Å². The first-order valence-corrected chi connectivity index (χ1v) is 7.08. The van der Waals surface area contributed by atoms with Crippen LogP contribution in [0, 0.1) is 20.8 Å². The number of hydrogen-bond acceptors (Lipinski definition) is 5. The van der Waals surface area contributed by atoms with Crippen molar-refractivity contribution < 1.29 is 18.9 Å². The van der Waals surface area contributed by atoms with Gasteiger partial charge in [0.15, 0.2) is 0 Å². The molecular weight excluding hydrogens is 298 g/mol. The lowest BCUT2D eigenvalue weighted by Crippen LogP contribution is -2.33. The lowest BCUT2D eigenvalue weighted by molar-refractivity contribution is -0.139. The molecule has 1 aliphatic heterocycles. The minimum absolute atomic E-state index is 0.0348. The smallest absolute Gasteiger partial charge is 0.339 e. The van der Waals surface area contributed by atoms with Crippen molar-refractivity contribution in [1.29, 1.82) is 0 Å². The summed E-state index contributed by atoms with van der Waals surface area (Å²) in [6, 6.07) is 6.16. The molecule has 118 valence electrons. The van der Waals surface area contributed by atoms with Gasteiger partial charge in [-0.3, -0.25) is 14.5 Å². The van der Waals surface area contributed by atoms with Crippen molar-refractivity contribution in [1.82, 2.24) is 10.1 Å². The number of carbonyl (C=O) groups excluding carboxylic acids is 3. The van der Waals surface area contributed by atoms with Crippen LogP contribution in [0.5, 0.6) is 0 Å². The highest BCUT2D eigenvalue weighted by Crippen LogP contribution is 2.25. The molecule has 4 amide bonds. The van der Waals surface area contributed by atoms with Crippen LogP contribution in [0.15, 0.2) is 28.8 Å². The molecule has 0 spiro atoms. The highest BCUT2D eigenvalue weighted by molar-refractivity contribution is 6.52. The Morgan fingerprint density at radius 2 is 1.65 bits per heavy atom. The molecular formula is C16H15N3O4. The first-order chi connectivity index (χ1) is 10.9. The molecule has 3 rings (SSSR count). The largest absolute Gasteiger partial charge is 0.361 e. The second-order valence-electron chi connectivity index (χ2n) is 5.45. The van der Waals surface area contributed by atoms with Gasteiger partial charge in [0.25, 0.3) is 0 Å². The number of anilines is 1. The molecule has 2 aromatic rings. The minimum atomic E-state index is -0.856. The predicted molar refractivity (Wildman–Crippen MR) is 80.6 cm³/mol. The van der Waals surface area contributed by atoms with Gasteiger partial charge >= 0.3 is 17.8 Å². The SMILES string of the molecule is Cc1ccc(N2C(=O)C(=O)N(Cc3c(C)noc3C)C2=O)cc1. The summed E-state index contributed by atoms with van der Waals surface area (Å²) < 4.78 is 5.03. The number of amides is 4. The van der Waals surface area contributed by atoms with E-state index in [-0.39, 0.29) is 6.54 Å². The van der Waals surface area contributed by atoms with Crippen molar-refractivity contribution in [3.8, 4) is 0 Å². The van der Waals surface area contributed by atoms with Crippen molar-refractivity contribution in [3.05, 3.63) is 46.8 Å². The van der Waals surface area contributed by atoms with Crippen LogP contribution < -0.4 is 4.90 Å². The maximum atomic E-state index is 12.5. The number of imide groups is 2. The van der Waals surface area contributed by atoms with Gasteiger partial charge in [-0.1, -0.05) is 22.9 Å². The number of hydrogen-bond donors (Lipinski definition) is 0. The van der Waals surface area contributed by atoms with Crippen LogP contribution in [0.4, 0.5) is 10.5 Å². The van der Waals surface area contributed by atoms with Crippen LogP contribution in [0.25, 0.3) is 0 Å². The molecule has 7 heteroatoms. The highest BCUT2D eigenvalue weighted by Gasteiger charge is 2.45. The quantitative estimate of drug-likeness (QED) is 0.640. The highest BCUT2D eigenvalue weighted by atomic mass is 16.5. The van der Waals surface area contributed by atoms with Crippen LogP contribution in [0.1, 0.15) is 22.6 Å². The maximum Gasteiger partial charge on any atom is 0.339 e. The van der Waals surface area contributed by atoms with E-state index in [1.54, 1.807) is 38.1 Å².